The van der Waals surface area contributed by atoms with E-state index in [0.717, 1.165) is 50.9 Å². The van der Waals surface area contributed by atoms with Gasteiger partial charge < -0.3 is 24.8 Å². The van der Waals surface area contributed by atoms with E-state index in [1.54, 1.807) is 36.7 Å². The minimum atomic E-state index is -3.02. The van der Waals surface area contributed by atoms with Gasteiger partial charge in [0.15, 0.2) is 23.9 Å². The lowest BCUT2D eigenvalue weighted by Crippen LogP contribution is -2.34. The number of aliphatic hydroxyl groups excluding tert-OH is 1. The number of benzene rings is 2. The Bertz CT molecular complexity index is 1370. The summed E-state index contributed by atoms with van der Waals surface area (Å²) in [5, 5.41) is 10.1. The second-order valence-electron chi connectivity index (χ2n) is 11.2. The number of piperidine rings is 1. The van der Waals surface area contributed by atoms with Crippen molar-refractivity contribution in [1.82, 2.24) is 4.90 Å². The number of aromatic amines is 1. The van der Waals surface area contributed by atoms with Gasteiger partial charge >= 0.3 is 12.6 Å². The molecule has 0 unspecified atom stereocenters. The molecule has 1 saturated carbocycles. The molecule has 3 aromatic rings. The predicted molar refractivity (Wildman–Crippen MR) is 160 cm³/mol. The maximum absolute atomic E-state index is 13.4. The molecule has 5 rings (SSSR count). The lowest BCUT2D eigenvalue weighted by atomic mass is 9.97. The number of alkyl halides is 2. The molecule has 1 aliphatic carbocycles. The molecule has 0 amide bonds. The standard InChI is InChI=1S/C32H34Cl2F2N2O5.H2O/c33-26-15-37-16-27(34)25(26)14-29(24-7-8-28(43-32(35)36)30(13-24)41-19-22-1-2-22)42-31(40)23-5-3-20(4-6-23)17-38-11-9-21(18-39)10-12-38;/h3-8,13,15-16,21-22,29,32,39H,1-2,9-12,14,17-19H2;1H2/t29-;/m0./s1. The van der Waals surface area contributed by atoms with Crippen LogP contribution in [-0.2, 0) is 17.7 Å². The molecule has 3 N–H and O–H groups in total. The number of carbonyl (C=O) groups excluding carboxylic acids is 1. The summed E-state index contributed by atoms with van der Waals surface area (Å²) >= 11 is 12.9. The van der Waals surface area contributed by atoms with Crippen LogP contribution in [0.25, 0.3) is 0 Å². The summed E-state index contributed by atoms with van der Waals surface area (Å²) < 4.78 is 42.8. The van der Waals surface area contributed by atoms with E-state index in [4.69, 9.17) is 32.7 Å². The first kappa shape index (κ1) is 33.9. The first-order chi connectivity index (χ1) is 20.8. The quantitative estimate of drug-likeness (QED) is 0.214. The van der Waals surface area contributed by atoms with Gasteiger partial charge in [0.2, 0.25) is 0 Å². The van der Waals surface area contributed by atoms with Gasteiger partial charge in [-0.3, -0.25) is 4.90 Å². The summed E-state index contributed by atoms with van der Waals surface area (Å²) in [5.74, 6) is 0.255. The highest BCUT2D eigenvalue weighted by atomic mass is 35.5. The van der Waals surface area contributed by atoms with Crippen LogP contribution in [0.2, 0.25) is 10.0 Å². The van der Waals surface area contributed by atoms with Gasteiger partial charge in [-0.2, -0.15) is 8.78 Å². The van der Waals surface area contributed by atoms with Crippen LogP contribution in [0, 0.1) is 11.8 Å². The van der Waals surface area contributed by atoms with E-state index in [2.05, 4.69) is 14.6 Å². The summed E-state index contributed by atoms with van der Waals surface area (Å²) in [6.07, 6.45) is 6.42. The van der Waals surface area contributed by atoms with Gasteiger partial charge in [-0.05, 0) is 86.0 Å². The van der Waals surface area contributed by atoms with Crippen LogP contribution in [0.5, 0.6) is 11.5 Å². The maximum Gasteiger partial charge on any atom is 0.387 e. The zero-order chi connectivity index (χ0) is 30.3. The molecule has 44 heavy (non-hydrogen) atoms. The van der Waals surface area contributed by atoms with Crippen molar-refractivity contribution in [1.29, 1.82) is 0 Å². The smallest absolute Gasteiger partial charge is 0.387 e. The molecule has 238 valence electrons. The molecule has 1 aromatic heterocycles. The second kappa shape index (κ2) is 15.8. The van der Waals surface area contributed by atoms with Gasteiger partial charge in [0, 0.05) is 25.1 Å². The zero-order valence-electron chi connectivity index (χ0n) is 24.1. The van der Waals surface area contributed by atoms with Crippen LogP contribution in [0.3, 0.4) is 0 Å². The zero-order valence-corrected chi connectivity index (χ0v) is 25.6. The lowest BCUT2D eigenvalue weighted by molar-refractivity contribution is -0.377. The van der Waals surface area contributed by atoms with Gasteiger partial charge in [0.25, 0.3) is 0 Å². The van der Waals surface area contributed by atoms with Crippen LogP contribution in [0.4, 0.5) is 8.78 Å². The number of rotatable bonds is 13. The van der Waals surface area contributed by atoms with Crippen molar-refractivity contribution in [3.8, 4) is 11.5 Å². The van der Waals surface area contributed by atoms with Gasteiger partial charge in [-0.1, -0.05) is 41.4 Å². The third-order valence-electron chi connectivity index (χ3n) is 7.92. The van der Waals surface area contributed by atoms with Crippen LogP contribution >= 0.6 is 23.2 Å². The van der Waals surface area contributed by atoms with E-state index in [1.165, 1.54) is 6.07 Å². The minimum Gasteiger partial charge on any atom is -0.870 e. The maximum atomic E-state index is 13.4. The molecule has 0 spiro atoms. The Morgan fingerprint density at radius 2 is 1.66 bits per heavy atom. The van der Waals surface area contributed by atoms with E-state index >= 15 is 0 Å². The number of H-pyrrole nitrogens is 1. The number of esters is 1. The second-order valence-corrected chi connectivity index (χ2v) is 12.0. The summed E-state index contributed by atoms with van der Waals surface area (Å²) in [5.41, 5.74) is 2.52. The molecular formula is C32H36Cl2F2N2O6. The number of aliphatic hydroxyl groups is 1. The van der Waals surface area contributed by atoms with Gasteiger partial charge in [-0.25, -0.2) is 9.78 Å². The van der Waals surface area contributed by atoms with Crippen molar-refractivity contribution in [2.45, 2.75) is 51.4 Å². The van der Waals surface area contributed by atoms with Gasteiger partial charge in [0.1, 0.15) is 16.1 Å². The topological polar surface area (TPSA) is 112 Å². The predicted octanol–water partition coefficient (Wildman–Crippen LogP) is 6.37. The van der Waals surface area contributed by atoms with Crippen LogP contribution < -0.4 is 14.5 Å². The van der Waals surface area contributed by atoms with Gasteiger partial charge in [0.05, 0.1) is 12.2 Å². The third kappa shape index (κ3) is 9.25. The molecular weight excluding hydrogens is 617 g/mol. The Morgan fingerprint density at radius 1 is 0.977 bits per heavy atom. The Kier molecular flexibility index (Phi) is 12.2. The summed E-state index contributed by atoms with van der Waals surface area (Å²) in [4.78, 5) is 18.6. The largest absolute Gasteiger partial charge is 0.870 e. The van der Waals surface area contributed by atoms with Crippen LogP contribution in [-0.4, -0.2) is 54.4 Å². The number of nitrogens with zero attached hydrogens (tertiary/aromatic N) is 1. The molecule has 2 fully saturated rings. The molecule has 2 aromatic carbocycles. The molecule has 2 heterocycles. The molecule has 0 bridgehead atoms. The van der Waals surface area contributed by atoms with Crippen molar-refractivity contribution >= 4 is 29.2 Å². The summed E-state index contributed by atoms with van der Waals surface area (Å²) in [6.45, 7) is 0.200. The van der Waals surface area contributed by atoms with E-state index in [9.17, 15) is 18.7 Å². The molecule has 1 saturated heterocycles. The van der Waals surface area contributed by atoms with Gasteiger partial charge in [-0.15, -0.1) is 0 Å². The van der Waals surface area contributed by atoms with Crippen molar-refractivity contribution in [2.24, 2.45) is 11.8 Å². The highest BCUT2D eigenvalue weighted by Crippen LogP contribution is 2.38. The minimum absolute atomic E-state index is 0. The van der Waals surface area contributed by atoms with E-state index in [1.807, 2.05) is 12.1 Å². The van der Waals surface area contributed by atoms with E-state index < -0.39 is 18.7 Å². The number of carbonyl (C=O) groups is 1. The number of ether oxygens (including phenoxy) is 3. The number of aromatic nitrogens is 1. The Morgan fingerprint density at radius 3 is 2.27 bits per heavy atom. The number of likely N-dealkylation sites (tertiary alicyclic amines) is 1. The first-order valence-corrected chi connectivity index (χ1v) is 15.2. The average molecular weight is 654 g/mol. The van der Waals surface area contributed by atoms with Crippen molar-refractivity contribution in [2.75, 3.05) is 26.3 Å². The fraction of sp³-hybridized carbons (Fsp3) is 0.438. The van der Waals surface area contributed by atoms with E-state index in [-0.39, 0.29) is 30.0 Å². The fourth-order valence-electron chi connectivity index (χ4n) is 5.14. The molecule has 1 aliphatic heterocycles. The summed E-state index contributed by atoms with van der Waals surface area (Å²) in [7, 11) is 0. The number of hydrogen-bond acceptors (Lipinski definition) is 7. The van der Waals surface area contributed by atoms with Crippen molar-refractivity contribution in [3.63, 3.8) is 0 Å². The number of pyridine rings is 1. The number of halogens is 4. The number of hydrogen-bond donors (Lipinski definition) is 1. The Hall–Kier alpha value is -3.02. The van der Waals surface area contributed by atoms with E-state index in [0.29, 0.717) is 45.2 Å². The fourth-order valence-corrected chi connectivity index (χ4v) is 5.67. The first-order valence-electron chi connectivity index (χ1n) is 14.5. The monoisotopic (exact) mass is 652 g/mol. The molecule has 1 atom stereocenters. The normalized spacial score (nSPS) is 16.3. The van der Waals surface area contributed by atoms with Crippen molar-refractivity contribution in [3.05, 3.63) is 87.2 Å². The highest BCUT2D eigenvalue weighted by molar-refractivity contribution is 6.35. The SMILES string of the molecule is O=C(O[C@@H](Cc1c(Cl)c[nH+]cc1Cl)c1ccc(OC(F)F)c(OCC2CC2)c1)c1ccc(CN2CCC(CO)CC2)cc1.[OH-]. The highest BCUT2D eigenvalue weighted by Gasteiger charge is 2.27. The Labute approximate surface area is 265 Å². The summed E-state index contributed by atoms with van der Waals surface area (Å²) in [6, 6.07) is 11.8. The molecule has 2 aliphatic rings. The van der Waals surface area contributed by atoms with Crippen LogP contribution in [0.15, 0.2) is 54.9 Å². The lowest BCUT2D eigenvalue weighted by Gasteiger charge is -2.31. The molecule has 8 nitrogen and oxygen atoms in total. The average Bonchev–Trinajstić information content (AvgIpc) is 3.83. The third-order valence-corrected chi connectivity index (χ3v) is 8.60. The molecule has 12 heteroatoms. The van der Waals surface area contributed by atoms with Crippen LogP contribution in [0.1, 0.15) is 58.8 Å². The number of nitrogens with one attached hydrogen (secondary N) is 1. The Balaban J connectivity index is 0.00000442. The molecule has 0 radical (unpaired) electrons. The van der Waals surface area contributed by atoms with Crippen molar-refractivity contribution < 1.29 is 43.4 Å².